The second-order valence-corrected chi connectivity index (χ2v) is 6.81. The van der Waals surface area contributed by atoms with E-state index in [-0.39, 0.29) is 12.3 Å². The average molecular weight is 349 g/mol. The van der Waals surface area contributed by atoms with Gasteiger partial charge in [0, 0.05) is 0 Å². The lowest BCUT2D eigenvalue weighted by Gasteiger charge is -2.08. The Morgan fingerprint density at radius 3 is 3.00 bits per heavy atom. The molecule has 24 heavy (non-hydrogen) atoms. The minimum atomic E-state index is -1.02. The number of carbonyl (C=O) groups is 2. The highest BCUT2D eigenvalue weighted by molar-refractivity contribution is 8.15. The summed E-state index contributed by atoms with van der Waals surface area (Å²) in [5.41, 5.74) is 0.817. The lowest BCUT2D eigenvalue weighted by molar-refractivity contribution is -0.138. The number of carbonyl (C=O) groups excluding carboxylic acids is 1. The van der Waals surface area contributed by atoms with Crippen LogP contribution in [0.5, 0.6) is 5.75 Å². The van der Waals surface area contributed by atoms with Crippen molar-refractivity contribution >= 4 is 35.0 Å². The van der Waals surface area contributed by atoms with Crippen molar-refractivity contribution in [1.29, 1.82) is 0 Å². The van der Waals surface area contributed by atoms with Crippen molar-refractivity contribution in [3.8, 4) is 5.75 Å². The summed E-state index contributed by atoms with van der Waals surface area (Å²) < 4.78 is 5.64. The largest absolute Gasteiger partial charge is 0.493 e. The molecule has 0 bridgehead atoms. The molecule has 1 aromatic carbocycles. The molecule has 1 aliphatic rings. The first kappa shape index (κ1) is 18.0. The Bertz CT molecular complexity index is 673. The summed E-state index contributed by atoms with van der Waals surface area (Å²) in [6.07, 6.45) is 1.31. The van der Waals surface area contributed by atoms with Crippen molar-refractivity contribution in [3.05, 3.63) is 29.8 Å². The van der Waals surface area contributed by atoms with Crippen LogP contribution in [-0.2, 0) is 9.59 Å². The highest BCUT2D eigenvalue weighted by Gasteiger charge is 2.32. The third kappa shape index (κ3) is 5.69. The molecule has 0 saturated carbocycles. The fourth-order valence-electron chi connectivity index (χ4n) is 1.84. The van der Waals surface area contributed by atoms with Gasteiger partial charge < -0.3 is 15.2 Å². The zero-order chi connectivity index (χ0) is 17.5. The zero-order valence-corrected chi connectivity index (χ0v) is 14.2. The maximum atomic E-state index is 11.6. The number of nitrogens with one attached hydrogen (secondary N) is 1. The Hall–Kier alpha value is -2.35. The summed E-state index contributed by atoms with van der Waals surface area (Å²) in [5.74, 6) is -0.188. The van der Waals surface area contributed by atoms with Crippen molar-refractivity contribution in [1.82, 2.24) is 5.32 Å². The van der Waals surface area contributed by atoms with Gasteiger partial charge in [0.25, 0.3) is 0 Å². The molecule has 1 aromatic rings. The molecule has 128 valence electrons. The van der Waals surface area contributed by atoms with Crippen molar-refractivity contribution in [2.45, 2.75) is 25.5 Å². The standard InChI is InChI=1S/C16H19N3O4S/c1-10(2)9-23-12-5-3-4-11(6-12)8-17-19-16-18-15(22)13(24-16)7-14(20)21/h3-6,8,10,13H,7,9H2,1-2H3,(H,20,21)(H,18,19,22). The number of carboxylic acid groups (broad SMARTS) is 1. The molecule has 1 aliphatic heterocycles. The molecular formula is C16H19N3O4S. The number of aliphatic carboxylic acids is 1. The first-order chi connectivity index (χ1) is 11.4. The van der Waals surface area contributed by atoms with Gasteiger partial charge >= 0.3 is 5.97 Å². The smallest absolute Gasteiger partial charge is 0.305 e. The van der Waals surface area contributed by atoms with Gasteiger partial charge in [-0.1, -0.05) is 37.7 Å². The van der Waals surface area contributed by atoms with E-state index in [4.69, 9.17) is 9.84 Å². The fourth-order valence-corrected chi connectivity index (χ4v) is 2.76. The maximum absolute atomic E-state index is 11.6. The minimum absolute atomic E-state index is 0.242. The normalized spacial score (nSPS) is 19.2. The molecule has 1 unspecified atom stereocenters. The molecule has 0 aromatic heterocycles. The Kier molecular flexibility index (Phi) is 6.36. The van der Waals surface area contributed by atoms with Crippen molar-refractivity contribution in [2.75, 3.05) is 6.61 Å². The van der Waals surface area contributed by atoms with Crippen LogP contribution in [0.25, 0.3) is 0 Å². The Balaban J connectivity index is 1.95. The van der Waals surface area contributed by atoms with E-state index in [1.807, 2.05) is 24.3 Å². The van der Waals surface area contributed by atoms with Gasteiger partial charge in [0.1, 0.15) is 11.0 Å². The third-order valence-electron chi connectivity index (χ3n) is 2.93. The van der Waals surface area contributed by atoms with Crippen LogP contribution in [0.1, 0.15) is 25.8 Å². The summed E-state index contributed by atoms with van der Waals surface area (Å²) in [4.78, 5) is 22.2. The van der Waals surface area contributed by atoms with Gasteiger partial charge in [-0.3, -0.25) is 9.59 Å². The number of amidine groups is 1. The SMILES string of the molecule is CC(C)COc1cccc(C=NN=C2NC(=O)C(CC(=O)O)S2)c1. The summed E-state index contributed by atoms with van der Waals surface area (Å²) >= 11 is 1.07. The molecule has 1 heterocycles. The molecule has 0 aliphatic carbocycles. The van der Waals surface area contributed by atoms with Gasteiger partial charge in [-0.25, -0.2) is 0 Å². The average Bonchev–Trinajstić information content (AvgIpc) is 2.85. The minimum Gasteiger partial charge on any atom is -0.493 e. The van der Waals surface area contributed by atoms with E-state index in [0.717, 1.165) is 23.1 Å². The molecule has 1 fully saturated rings. The van der Waals surface area contributed by atoms with Crippen LogP contribution in [0.3, 0.4) is 0 Å². The van der Waals surface area contributed by atoms with E-state index in [0.29, 0.717) is 17.7 Å². The highest BCUT2D eigenvalue weighted by atomic mass is 32.2. The molecular weight excluding hydrogens is 330 g/mol. The number of carboxylic acids is 1. The van der Waals surface area contributed by atoms with Crippen LogP contribution in [0, 0.1) is 5.92 Å². The van der Waals surface area contributed by atoms with Gasteiger partial charge in [0.05, 0.1) is 19.2 Å². The van der Waals surface area contributed by atoms with E-state index in [9.17, 15) is 9.59 Å². The van der Waals surface area contributed by atoms with Crippen LogP contribution in [0.15, 0.2) is 34.5 Å². The topological polar surface area (TPSA) is 100 Å². The second kappa shape index (κ2) is 8.49. The molecule has 2 N–H and O–H groups in total. The van der Waals surface area contributed by atoms with E-state index in [2.05, 4.69) is 29.4 Å². The monoisotopic (exact) mass is 349 g/mol. The van der Waals surface area contributed by atoms with Crippen molar-refractivity contribution < 1.29 is 19.4 Å². The summed E-state index contributed by atoms with van der Waals surface area (Å²) in [6, 6.07) is 7.44. The summed E-state index contributed by atoms with van der Waals surface area (Å²) in [6.45, 7) is 4.79. The maximum Gasteiger partial charge on any atom is 0.305 e. The first-order valence-corrected chi connectivity index (χ1v) is 8.35. The molecule has 8 heteroatoms. The predicted octanol–water partition coefficient (Wildman–Crippen LogP) is 2.12. The Morgan fingerprint density at radius 2 is 2.29 bits per heavy atom. The summed E-state index contributed by atoms with van der Waals surface area (Å²) in [5, 5.41) is 18.7. The van der Waals surface area contributed by atoms with Gasteiger partial charge in [0.2, 0.25) is 5.91 Å². The van der Waals surface area contributed by atoms with E-state index in [1.54, 1.807) is 6.21 Å². The van der Waals surface area contributed by atoms with Crippen LogP contribution >= 0.6 is 11.8 Å². The van der Waals surface area contributed by atoms with Gasteiger partial charge in [-0.05, 0) is 23.6 Å². The highest BCUT2D eigenvalue weighted by Crippen LogP contribution is 2.22. The van der Waals surface area contributed by atoms with Crippen LogP contribution in [0.4, 0.5) is 0 Å². The molecule has 0 radical (unpaired) electrons. The first-order valence-electron chi connectivity index (χ1n) is 7.47. The van der Waals surface area contributed by atoms with E-state index < -0.39 is 11.2 Å². The number of ether oxygens (including phenoxy) is 1. The number of rotatable bonds is 7. The molecule has 7 nitrogen and oxygen atoms in total. The molecule has 1 amide bonds. The van der Waals surface area contributed by atoms with E-state index >= 15 is 0 Å². The molecule has 1 saturated heterocycles. The summed E-state index contributed by atoms with van der Waals surface area (Å²) in [7, 11) is 0. The van der Waals surface area contributed by atoms with Crippen LogP contribution in [-0.4, -0.2) is 40.2 Å². The van der Waals surface area contributed by atoms with Gasteiger partial charge in [-0.2, -0.15) is 5.10 Å². The van der Waals surface area contributed by atoms with Crippen LogP contribution in [0.2, 0.25) is 0 Å². The number of nitrogens with zero attached hydrogens (tertiary/aromatic N) is 2. The Labute approximate surface area is 144 Å². The quantitative estimate of drug-likeness (QED) is 0.580. The van der Waals surface area contributed by atoms with Crippen LogP contribution < -0.4 is 10.1 Å². The van der Waals surface area contributed by atoms with Gasteiger partial charge in [-0.15, -0.1) is 5.10 Å². The van der Waals surface area contributed by atoms with Gasteiger partial charge in [0.15, 0.2) is 5.17 Å². The second-order valence-electron chi connectivity index (χ2n) is 5.62. The molecule has 1 atom stereocenters. The number of thioether (sulfide) groups is 1. The molecule has 0 spiro atoms. The van der Waals surface area contributed by atoms with E-state index in [1.165, 1.54) is 0 Å². The Morgan fingerprint density at radius 1 is 1.50 bits per heavy atom. The lowest BCUT2D eigenvalue weighted by Crippen LogP contribution is -2.26. The number of hydrogen-bond donors (Lipinski definition) is 2. The lowest BCUT2D eigenvalue weighted by atomic mass is 10.2. The van der Waals surface area contributed by atoms with Crippen molar-refractivity contribution in [2.24, 2.45) is 16.1 Å². The fraction of sp³-hybridized carbons (Fsp3) is 0.375. The number of hydrogen-bond acceptors (Lipinski definition) is 6. The number of benzene rings is 1. The number of amides is 1. The van der Waals surface area contributed by atoms with Crippen molar-refractivity contribution in [3.63, 3.8) is 0 Å². The molecule has 2 rings (SSSR count). The third-order valence-corrected chi connectivity index (χ3v) is 4.01. The predicted molar refractivity (Wildman–Crippen MR) is 93.6 cm³/mol. The zero-order valence-electron chi connectivity index (χ0n) is 13.4.